The van der Waals surface area contributed by atoms with E-state index in [4.69, 9.17) is 9.47 Å². The zero-order chi connectivity index (χ0) is 56.6. The van der Waals surface area contributed by atoms with Crippen LogP contribution in [-0.4, -0.2) is 205 Å². The number of cyclic esters (lactones) is 2. The minimum absolute atomic E-state index is 0.182. The minimum atomic E-state index is -1.66. The maximum atomic E-state index is 15.2. The number of nitrogens with one attached hydrogen (secondary N) is 4. The summed E-state index contributed by atoms with van der Waals surface area (Å²) in [6.07, 6.45) is 4.06. The molecule has 4 heterocycles. The number of nitrogens with zero attached hydrogens (tertiary/aromatic N) is 8. The maximum absolute atomic E-state index is 15.2. The maximum Gasteiger partial charge on any atom is 0.329 e. The molecule has 2 fully saturated rings. The van der Waals surface area contributed by atoms with Gasteiger partial charge in [0, 0.05) is 33.9 Å². The molecule has 6 rings (SSSR count). The fourth-order valence-corrected chi connectivity index (χ4v) is 11.4. The summed E-state index contributed by atoms with van der Waals surface area (Å²) in [6.45, 7) is 7.69. The molecule has 77 heavy (non-hydrogen) atoms. The summed E-state index contributed by atoms with van der Waals surface area (Å²) in [5.74, 6) is -10.4. The molecule has 8 amide bonds. The lowest BCUT2D eigenvalue weighted by molar-refractivity contribution is -0.160. The summed E-state index contributed by atoms with van der Waals surface area (Å²) in [5.41, 5.74) is 1.38. The van der Waals surface area contributed by atoms with Gasteiger partial charge in [0.1, 0.15) is 72.9 Å². The smallest absolute Gasteiger partial charge is 0.329 e. The number of fused-ring (bicyclic) bond motifs is 6. The molecule has 0 saturated carbocycles. The predicted octanol–water partition coefficient (Wildman–Crippen LogP) is 0.635. The van der Waals surface area contributed by atoms with E-state index in [1.807, 2.05) is 0 Å². The van der Waals surface area contributed by atoms with Crippen molar-refractivity contribution in [1.29, 1.82) is 0 Å². The number of carbonyl (C=O) groups is 10. The molecule has 0 aliphatic carbocycles. The van der Waals surface area contributed by atoms with E-state index in [9.17, 15) is 38.4 Å². The first-order valence-electron chi connectivity index (χ1n) is 24.7. The van der Waals surface area contributed by atoms with Gasteiger partial charge >= 0.3 is 11.9 Å². The molecule has 2 aliphatic rings. The molecule has 24 nitrogen and oxygen atoms in total. The van der Waals surface area contributed by atoms with Gasteiger partial charge in [-0.25, -0.2) is 19.6 Å². The monoisotopic (exact) mass is 1100 g/mol. The molecule has 2 aromatic heterocycles. The number of aromatic nitrogens is 4. The Morgan fingerprint density at radius 2 is 1.01 bits per heavy atom. The highest BCUT2D eigenvalue weighted by Gasteiger charge is 2.45. The van der Waals surface area contributed by atoms with Gasteiger partial charge in [-0.2, -0.15) is 0 Å². The van der Waals surface area contributed by atoms with E-state index in [0.29, 0.717) is 22.1 Å². The Bertz CT molecular complexity index is 2930. The van der Waals surface area contributed by atoms with Crippen molar-refractivity contribution in [3.05, 3.63) is 72.3 Å². The molecule has 2 saturated heterocycles. The Kier molecular flexibility index (Phi) is 19.5. The lowest BCUT2D eigenvalue weighted by Crippen LogP contribution is -2.60. The van der Waals surface area contributed by atoms with Crippen LogP contribution in [0.2, 0.25) is 0 Å². The molecule has 9 atom stereocenters. The summed E-state index contributed by atoms with van der Waals surface area (Å²) >= 11 is 2.16. The normalized spacial score (nSPS) is 25.4. The SMILES string of the molecule is CSC1SC[C@@H]2C(=O)N(C)[C@H](C(C)C)C(=O)OC[C@H](NC(=O)c3cnc4ccccc4n3)C(=O)N[C@H](C)C(=O)N(C)[C@@H]1C(=O)N(C)[C@H](C(C)C)C(=O)OC[C@H](NC(=O)c1cnc3ccccc3n1)C(=O)N[C@H](C)C(=O)N2C. The average Bonchev–Trinajstić information content (AvgIpc) is 3.40. The Morgan fingerprint density at radius 1 is 0.610 bits per heavy atom. The fourth-order valence-electron chi connectivity index (χ4n) is 8.88. The van der Waals surface area contributed by atoms with Crippen molar-refractivity contribution in [2.75, 3.05) is 53.4 Å². The Balaban J connectivity index is 1.43. The third-order valence-electron chi connectivity index (χ3n) is 13.2. The number of benzene rings is 2. The van der Waals surface area contributed by atoms with Crippen LogP contribution >= 0.6 is 23.5 Å². The molecule has 4 aromatic rings. The molecule has 2 bridgehead atoms. The van der Waals surface area contributed by atoms with Gasteiger partial charge in [-0.3, -0.25) is 48.3 Å². The third kappa shape index (κ3) is 13.6. The number of para-hydroxylation sites is 4. The molecule has 412 valence electrons. The molecule has 2 aliphatic heterocycles. The number of hydrogen-bond donors (Lipinski definition) is 4. The van der Waals surface area contributed by atoms with Gasteiger partial charge in [-0.05, 0) is 56.2 Å². The first-order chi connectivity index (χ1) is 36.4. The van der Waals surface area contributed by atoms with Crippen LogP contribution in [0.3, 0.4) is 0 Å². The van der Waals surface area contributed by atoms with E-state index in [0.717, 1.165) is 43.1 Å². The molecule has 2 aromatic carbocycles. The number of thioether (sulfide) groups is 2. The van der Waals surface area contributed by atoms with Crippen molar-refractivity contribution in [3.63, 3.8) is 0 Å². The van der Waals surface area contributed by atoms with Gasteiger partial charge in [0.15, 0.2) is 0 Å². The third-order valence-corrected chi connectivity index (χ3v) is 16.0. The largest absolute Gasteiger partial charge is 0.461 e. The summed E-state index contributed by atoms with van der Waals surface area (Å²) in [6, 6.07) is 1.79. The molecular formula is C51H64N12O12S2. The van der Waals surface area contributed by atoms with Gasteiger partial charge in [-0.15, -0.1) is 23.5 Å². The van der Waals surface area contributed by atoms with Crippen LogP contribution in [-0.2, 0) is 47.8 Å². The van der Waals surface area contributed by atoms with Gasteiger partial charge in [0.05, 0.1) is 39.0 Å². The summed E-state index contributed by atoms with van der Waals surface area (Å²) in [7, 11) is 5.32. The lowest BCUT2D eigenvalue weighted by Gasteiger charge is -2.40. The van der Waals surface area contributed by atoms with Crippen LogP contribution < -0.4 is 21.3 Å². The van der Waals surface area contributed by atoms with E-state index >= 15 is 9.59 Å². The quantitative estimate of drug-likeness (QED) is 0.185. The van der Waals surface area contributed by atoms with Crippen molar-refractivity contribution in [1.82, 2.24) is 60.8 Å². The number of likely N-dealkylation sites (N-methyl/N-ethyl adjacent to an activating group) is 4. The standard InChI is InChI=1S/C51H64N12O12S2/c1-25(2)38-49(72)74-22-36(59-42(65)34-21-53-30-17-13-15-19-32(30)57-34)44(67)55-28(6)46(69)63(10)40-48(71)62(9)39(26(3)4)50(73)75-23-35(58-41(64)33-20-52-29-16-12-14-18-31(29)56-33)43(66)54-27(5)45(68)60(7)37(47(70)61(38)8)24-77-51(40)76-11/h12-21,25-28,35-40,51H,22-24H2,1-11H3,(H,54,66)(H,55,67)(H,58,64)(H,59,65)/t27-,28-,35+,36+,37-,38-,39-,40-,51?/m1/s1. The van der Waals surface area contributed by atoms with Crippen LogP contribution in [0.4, 0.5) is 0 Å². The molecule has 0 radical (unpaired) electrons. The van der Waals surface area contributed by atoms with Crippen molar-refractivity contribution in [3.8, 4) is 0 Å². The fraction of sp³-hybridized carbons (Fsp3) is 0.490. The number of hydrogen-bond acceptors (Lipinski definition) is 18. The zero-order valence-corrected chi connectivity index (χ0v) is 46.2. The van der Waals surface area contributed by atoms with Crippen LogP contribution in [0.1, 0.15) is 62.5 Å². The van der Waals surface area contributed by atoms with Crippen LogP contribution in [0.15, 0.2) is 60.9 Å². The van der Waals surface area contributed by atoms with Crippen LogP contribution in [0, 0.1) is 11.8 Å². The predicted molar refractivity (Wildman–Crippen MR) is 284 cm³/mol. The summed E-state index contributed by atoms with van der Waals surface area (Å²) in [5, 5.41) is 10.2. The molecule has 4 N–H and O–H groups in total. The Labute approximate surface area is 453 Å². The zero-order valence-electron chi connectivity index (χ0n) is 44.5. The second-order valence-corrected chi connectivity index (χ2v) is 21.8. The summed E-state index contributed by atoms with van der Waals surface area (Å²) in [4.78, 5) is 166. The van der Waals surface area contributed by atoms with Gasteiger partial charge in [-0.1, -0.05) is 52.0 Å². The first-order valence-corrected chi connectivity index (χ1v) is 27.0. The highest BCUT2D eigenvalue weighted by atomic mass is 32.2. The Hall–Kier alpha value is -7.48. The topological polar surface area (TPSA) is 302 Å². The van der Waals surface area contributed by atoms with E-state index in [2.05, 4.69) is 41.2 Å². The highest BCUT2D eigenvalue weighted by molar-refractivity contribution is 8.16. The number of carbonyl (C=O) groups excluding carboxylic acids is 10. The van der Waals surface area contributed by atoms with Crippen LogP contribution in [0.25, 0.3) is 22.1 Å². The van der Waals surface area contributed by atoms with Crippen molar-refractivity contribution in [2.24, 2.45) is 11.8 Å². The van der Waals surface area contributed by atoms with Crippen LogP contribution in [0.5, 0.6) is 0 Å². The van der Waals surface area contributed by atoms with E-state index in [1.54, 1.807) is 82.5 Å². The Morgan fingerprint density at radius 3 is 1.43 bits per heavy atom. The van der Waals surface area contributed by atoms with Crippen molar-refractivity contribution < 1.29 is 57.4 Å². The molecule has 0 spiro atoms. The van der Waals surface area contributed by atoms with Gasteiger partial charge in [0.2, 0.25) is 35.4 Å². The van der Waals surface area contributed by atoms with Gasteiger partial charge < -0.3 is 50.3 Å². The second-order valence-electron chi connectivity index (χ2n) is 19.3. The van der Waals surface area contributed by atoms with E-state index < -0.39 is 137 Å². The number of ether oxygens (including phenoxy) is 2. The lowest BCUT2D eigenvalue weighted by atomic mass is 10.0. The van der Waals surface area contributed by atoms with E-state index in [1.165, 1.54) is 54.4 Å². The molecular weight excluding hydrogens is 1040 g/mol. The highest BCUT2D eigenvalue weighted by Crippen LogP contribution is 2.32. The van der Waals surface area contributed by atoms with Crippen molar-refractivity contribution >= 4 is 105 Å². The molecule has 1 unspecified atom stereocenters. The van der Waals surface area contributed by atoms with E-state index in [-0.39, 0.29) is 17.1 Å². The second kappa shape index (κ2) is 25.6. The molecule has 26 heteroatoms. The number of esters is 2. The average molecular weight is 1100 g/mol. The van der Waals surface area contributed by atoms with Crippen molar-refractivity contribution in [2.45, 2.75) is 94.5 Å². The van der Waals surface area contributed by atoms with Gasteiger partial charge in [0.25, 0.3) is 11.8 Å². The number of amides is 8. The minimum Gasteiger partial charge on any atom is -0.461 e. The number of rotatable bonds is 7. The first kappa shape index (κ1) is 58.8. The summed E-state index contributed by atoms with van der Waals surface area (Å²) < 4.78 is 10.5.